The standard InChI is InChI=1S/C16H25Cl/c1-4-5-6-7-16(17)15-10-8-14(9-11-15)12-13(2)3/h8-11,13,16H,4-7,12H2,1-3H3. The van der Waals surface area contributed by atoms with Crippen LogP contribution in [0.4, 0.5) is 0 Å². The van der Waals surface area contributed by atoms with Gasteiger partial charge in [-0.1, -0.05) is 64.3 Å². The van der Waals surface area contributed by atoms with Crippen molar-refractivity contribution in [3.63, 3.8) is 0 Å². The first-order chi connectivity index (χ1) is 8.13. The maximum Gasteiger partial charge on any atom is 0.0585 e. The molecule has 0 amide bonds. The summed E-state index contributed by atoms with van der Waals surface area (Å²) >= 11 is 6.40. The van der Waals surface area contributed by atoms with E-state index in [0.29, 0.717) is 0 Å². The summed E-state index contributed by atoms with van der Waals surface area (Å²) in [6.45, 7) is 6.73. The van der Waals surface area contributed by atoms with Gasteiger partial charge in [-0.25, -0.2) is 0 Å². The van der Waals surface area contributed by atoms with E-state index in [1.165, 1.54) is 30.4 Å². The molecule has 1 heteroatoms. The second-order valence-electron chi connectivity index (χ2n) is 5.30. The van der Waals surface area contributed by atoms with Crippen LogP contribution in [0.1, 0.15) is 63.0 Å². The molecule has 0 saturated heterocycles. The highest BCUT2D eigenvalue weighted by Crippen LogP contribution is 2.27. The fourth-order valence-electron chi connectivity index (χ4n) is 2.07. The number of halogens is 1. The smallest absolute Gasteiger partial charge is 0.0585 e. The van der Waals surface area contributed by atoms with Crippen molar-refractivity contribution in [2.45, 2.75) is 58.3 Å². The van der Waals surface area contributed by atoms with Gasteiger partial charge in [0.05, 0.1) is 5.38 Å². The van der Waals surface area contributed by atoms with Gasteiger partial charge < -0.3 is 0 Å². The first-order valence-electron chi connectivity index (χ1n) is 6.86. The van der Waals surface area contributed by atoms with Crippen LogP contribution in [-0.4, -0.2) is 0 Å². The van der Waals surface area contributed by atoms with Crippen LogP contribution in [0.15, 0.2) is 24.3 Å². The van der Waals surface area contributed by atoms with Crippen molar-refractivity contribution < 1.29 is 0 Å². The average Bonchev–Trinajstić information content (AvgIpc) is 2.29. The lowest BCUT2D eigenvalue weighted by atomic mass is 9.99. The number of hydrogen-bond acceptors (Lipinski definition) is 0. The molecule has 0 nitrogen and oxygen atoms in total. The zero-order valence-electron chi connectivity index (χ0n) is 11.4. The van der Waals surface area contributed by atoms with Gasteiger partial charge in [0.1, 0.15) is 0 Å². The van der Waals surface area contributed by atoms with E-state index < -0.39 is 0 Å². The zero-order valence-corrected chi connectivity index (χ0v) is 12.1. The summed E-state index contributed by atoms with van der Waals surface area (Å²) in [7, 11) is 0. The minimum Gasteiger partial charge on any atom is -0.118 e. The summed E-state index contributed by atoms with van der Waals surface area (Å²) in [6.07, 6.45) is 6.03. The van der Waals surface area contributed by atoms with Crippen LogP contribution in [0.25, 0.3) is 0 Å². The zero-order chi connectivity index (χ0) is 12.7. The molecule has 1 aromatic rings. The first-order valence-corrected chi connectivity index (χ1v) is 7.30. The third kappa shape index (κ3) is 5.59. The molecule has 0 fully saturated rings. The summed E-state index contributed by atoms with van der Waals surface area (Å²) in [5.74, 6) is 0.720. The molecule has 1 atom stereocenters. The van der Waals surface area contributed by atoms with Gasteiger partial charge >= 0.3 is 0 Å². The number of alkyl halides is 1. The molecule has 1 unspecified atom stereocenters. The molecule has 0 aliphatic rings. The van der Waals surface area contributed by atoms with Crippen molar-refractivity contribution >= 4 is 11.6 Å². The Labute approximate surface area is 111 Å². The molecule has 0 bridgehead atoms. The van der Waals surface area contributed by atoms with Gasteiger partial charge in [-0.05, 0) is 29.9 Å². The predicted molar refractivity (Wildman–Crippen MR) is 77.7 cm³/mol. The van der Waals surface area contributed by atoms with Crippen LogP contribution in [-0.2, 0) is 6.42 Å². The minimum atomic E-state index is 0.189. The Balaban J connectivity index is 2.48. The van der Waals surface area contributed by atoms with E-state index in [9.17, 15) is 0 Å². The largest absolute Gasteiger partial charge is 0.118 e. The highest BCUT2D eigenvalue weighted by Gasteiger charge is 2.07. The molecule has 0 aliphatic heterocycles. The Hall–Kier alpha value is -0.490. The molecule has 0 saturated carbocycles. The Bertz CT molecular complexity index is 300. The van der Waals surface area contributed by atoms with E-state index in [2.05, 4.69) is 45.0 Å². The highest BCUT2D eigenvalue weighted by molar-refractivity contribution is 6.20. The molecule has 0 N–H and O–H groups in total. The van der Waals surface area contributed by atoms with E-state index >= 15 is 0 Å². The third-order valence-electron chi connectivity index (χ3n) is 3.05. The molecule has 0 aliphatic carbocycles. The Morgan fingerprint density at radius 2 is 1.71 bits per heavy atom. The molecule has 0 heterocycles. The van der Waals surface area contributed by atoms with Gasteiger partial charge in [0.25, 0.3) is 0 Å². The van der Waals surface area contributed by atoms with E-state index in [-0.39, 0.29) is 5.38 Å². The molecule has 1 aromatic carbocycles. The first kappa shape index (κ1) is 14.6. The lowest BCUT2D eigenvalue weighted by Crippen LogP contribution is -1.95. The third-order valence-corrected chi connectivity index (χ3v) is 3.52. The van der Waals surface area contributed by atoms with Gasteiger partial charge in [0.15, 0.2) is 0 Å². The monoisotopic (exact) mass is 252 g/mol. The fourth-order valence-corrected chi connectivity index (χ4v) is 2.37. The van der Waals surface area contributed by atoms with Crippen LogP contribution in [0.5, 0.6) is 0 Å². The Kier molecular flexibility index (Phi) is 6.65. The van der Waals surface area contributed by atoms with Crippen molar-refractivity contribution in [2.24, 2.45) is 5.92 Å². The number of hydrogen-bond donors (Lipinski definition) is 0. The maximum absolute atomic E-state index is 6.40. The van der Waals surface area contributed by atoms with E-state index in [4.69, 9.17) is 11.6 Å². The van der Waals surface area contributed by atoms with E-state index in [1.54, 1.807) is 0 Å². The van der Waals surface area contributed by atoms with Crippen molar-refractivity contribution in [3.8, 4) is 0 Å². The molecule has 1 rings (SSSR count). The average molecular weight is 253 g/mol. The van der Waals surface area contributed by atoms with Gasteiger partial charge in [-0.3, -0.25) is 0 Å². The lowest BCUT2D eigenvalue weighted by molar-refractivity contribution is 0.645. The van der Waals surface area contributed by atoms with Gasteiger partial charge in [-0.2, -0.15) is 0 Å². The Morgan fingerprint density at radius 3 is 2.24 bits per heavy atom. The molecule has 0 aromatic heterocycles. The minimum absolute atomic E-state index is 0.189. The topological polar surface area (TPSA) is 0 Å². The van der Waals surface area contributed by atoms with Crippen molar-refractivity contribution in [2.75, 3.05) is 0 Å². The van der Waals surface area contributed by atoms with Crippen LogP contribution in [0.2, 0.25) is 0 Å². The molecule has 17 heavy (non-hydrogen) atoms. The maximum atomic E-state index is 6.40. The second kappa shape index (κ2) is 7.76. The van der Waals surface area contributed by atoms with E-state index in [0.717, 1.165) is 18.8 Å². The fraction of sp³-hybridized carbons (Fsp3) is 0.625. The molecular weight excluding hydrogens is 228 g/mol. The van der Waals surface area contributed by atoms with Gasteiger partial charge in [0, 0.05) is 0 Å². The van der Waals surface area contributed by atoms with Crippen LogP contribution < -0.4 is 0 Å². The summed E-state index contributed by atoms with van der Waals surface area (Å²) in [4.78, 5) is 0. The lowest BCUT2D eigenvalue weighted by Gasteiger charge is -2.11. The van der Waals surface area contributed by atoms with Crippen LogP contribution >= 0.6 is 11.6 Å². The summed E-state index contributed by atoms with van der Waals surface area (Å²) < 4.78 is 0. The number of unbranched alkanes of at least 4 members (excludes halogenated alkanes) is 2. The molecule has 96 valence electrons. The SMILES string of the molecule is CCCCCC(Cl)c1ccc(CC(C)C)cc1. The van der Waals surface area contributed by atoms with Gasteiger partial charge in [-0.15, -0.1) is 11.6 Å². The van der Waals surface area contributed by atoms with Crippen LogP contribution in [0.3, 0.4) is 0 Å². The summed E-state index contributed by atoms with van der Waals surface area (Å²) in [5.41, 5.74) is 2.69. The van der Waals surface area contributed by atoms with E-state index in [1.807, 2.05) is 0 Å². The quantitative estimate of drug-likeness (QED) is 0.428. The Morgan fingerprint density at radius 1 is 1.06 bits per heavy atom. The van der Waals surface area contributed by atoms with Crippen LogP contribution in [0, 0.1) is 5.92 Å². The summed E-state index contributed by atoms with van der Waals surface area (Å²) in [5, 5.41) is 0.189. The van der Waals surface area contributed by atoms with Crippen molar-refractivity contribution in [3.05, 3.63) is 35.4 Å². The summed E-state index contributed by atoms with van der Waals surface area (Å²) in [6, 6.07) is 8.84. The predicted octanol–water partition coefficient (Wildman–Crippen LogP) is 5.75. The second-order valence-corrected chi connectivity index (χ2v) is 5.83. The molecule has 0 spiro atoms. The van der Waals surface area contributed by atoms with Crippen molar-refractivity contribution in [1.82, 2.24) is 0 Å². The highest BCUT2D eigenvalue weighted by atomic mass is 35.5. The number of rotatable bonds is 7. The molecular formula is C16H25Cl. The normalized spacial score (nSPS) is 13.0. The molecule has 0 radical (unpaired) electrons. The number of benzene rings is 1. The van der Waals surface area contributed by atoms with Crippen molar-refractivity contribution in [1.29, 1.82) is 0 Å². The van der Waals surface area contributed by atoms with Gasteiger partial charge in [0.2, 0.25) is 0 Å².